The number of halogens is 1. The summed E-state index contributed by atoms with van der Waals surface area (Å²) in [4.78, 5) is 13.6. The second-order valence-electron chi connectivity index (χ2n) is 3.33. The third-order valence-electron chi connectivity index (χ3n) is 2.35. The smallest absolute Gasteiger partial charge is 0.235 e. The Morgan fingerprint density at radius 1 is 1.53 bits per heavy atom. The molecule has 2 rings (SSSR count). The molecular formula is C11H9ClN2O. The van der Waals surface area contributed by atoms with Gasteiger partial charge in [0.15, 0.2) is 0 Å². The van der Waals surface area contributed by atoms with Gasteiger partial charge >= 0.3 is 0 Å². The Morgan fingerprint density at radius 2 is 2.33 bits per heavy atom. The first-order valence-electron chi connectivity index (χ1n) is 4.49. The van der Waals surface area contributed by atoms with Crippen molar-refractivity contribution in [3.8, 4) is 0 Å². The van der Waals surface area contributed by atoms with Gasteiger partial charge in [-0.05, 0) is 17.7 Å². The van der Waals surface area contributed by atoms with E-state index in [1.807, 2.05) is 36.0 Å². The molecule has 0 unspecified atom stereocenters. The number of nitrogens with zero attached hydrogens (tertiary/aromatic N) is 2. The molecule has 0 atom stereocenters. The molecule has 1 heterocycles. The van der Waals surface area contributed by atoms with Gasteiger partial charge in [-0.25, -0.2) is 9.79 Å². The molecule has 0 saturated carbocycles. The summed E-state index contributed by atoms with van der Waals surface area (Å²) in [5.74, 6) is 0. The number of aliphatic imine (C=N–C) groups is 1. The summed E-state index contributed by atoms with van der Waals surface area (Å²) in [5.41, 5.74) is 2.05. The number of aryl methyl sites for hydroxylation is 1. The van der Waals surface area contributed by atoms with Crippen LogP contribution in [-0.4, -0.2) is 10.6 Å². The van der Waals surface area contributed by atoms with Gasteiger partial charge in [0, 0.05) is 29.2 Å². The monoisotopic (exact) mass is 220 g/mol. The van der Waals surface area contributed by atoms with Gasteiger partial charge in [0.05, 0.1) is 6.54 Å². The van der Waals surface area contributed by atoms with Crippen molar-refractivity contribution < 1.29 is 4.79 Å². The van der Waals surface area contributed by atoms with E-state index in [2.05, 4.69) is 4.99 Å². The van der Waals surface area contributed by atoms with Gasteiger partial charge in [-0.1, -0.05) is 17.7 Å². The Kier molecular flexibility index (Phi) is 2.58. The second kappa shape index (κ2) is 3.89. The topological polar surface area (TPSA) is 34.4 Å². The number of isocyanates is 1. The van der Waals surface area contributed by atoms with Gasteiger partial charge in [-0.3, -0.25) is 0 Å². The highest BCUT2D eigenvalue weighted by molar-refractivity contribution is 6.31. The lowest BCUT2D eigenvalue weighted by Crippen LogP contribution is -1.82. The summed E-state index contributed by atoms with van der Waals surface area (Å²) in [6.07, 6.45) is 3.49. The van der Waals surface area contributed by atoms with E-state index in [4.69, 9.17) is 11.6 Å². The van der Waals surface area contributed by atoms with Crippen LogP contribution in [0.1, 0.15) is 5.56 Å². The molecule has 3 nitrogen and oxygen atoms in total. The molecule has 2 aromatic rings. The van der Waals surface area contributed by atoms with Crippen LogP contribution in [0, 0.1) is 0 Å². The van der Waals surface area contributed by atoms with Gasteiger partial charge < -0.3 is 4.57 Å². The lowest BCUT2D eigenvalue weighted by molar-refractivity contribution is 0.563. The van der Waals surface area contributed by atoms with E-state index < -0.39 is 0 Å². The lowest BCUT2D eigenvalue weighted by Gasteiger charge is -1.96. The second-order valence-corrected chi connectivity index (χ2v) is 3.77. The molecule has 0 spiro atoms. The molecule has 0 bridgehead atoms. The predicted molar refractivity (Wildman–Crippen MR) is 59.8 cm³/mol. The van der Waals surface area contributed by atoms with Gasteiger partial charge in [0.2, 0.25) is 6.08 Å². The number of fused-ring (bicyclic) bond motifs is 1. The average molecular weight is 221 g/mol. The van der Waals surface area contributed by atoms with Crippen molar-refractivity contribution in [1.29, 1.82) is 0 Å². The fourth-order valence-corrected chi connectivity index (χ4v) is 1.85. The number of hydrogen-bond donors (Lipinski definition) is 0. The van der Waals surface area contributed by atoms with Crippen molar-refractivity contribution in [3.05, 3.63) is 35.0 Å². The van der Waals surface area contributed by atoms with E-state index in [0.717, 1.165) is 16.5 Å². The third kappa shape index (κ3) is 1.80. The first-order valence-corrected chi connectivity index (χ1v) is 4.87. The van der Waals surface area contributed by atoms with Gasteiger partial charge in [-0.2, -0.15) is 0 Å². The number of rotatable bonds is 2. The van der Waals surface area contributed by atoms with Crippen LogP contribution in [0.15, 0.2) is 29.4 Å². The SMILES string of the molecule is Cn1cc(CN=C=O)c2ccc(Cl)cc21. The molecule has 0 amide bonds. The van der Waals surface area contributed by atoms with E-state index in [1.54, 1.807) is 6.08 Å². The minimum Gasteiger partial charge on any atom is -0.350 e. The highest BCUT2D eigenvalue weighted by atomic mass is 35.5. The molecule has 0 fully saturated rings. The molecule has 0 aliphatic carbocycles. The van der Waals surface area contributed by atoms with Gasteiger partial charge in [0.25, 0.3) is 0 Å². The van der Waals surface area contributed by atoms with Crippen LogP contribution in [0.4, 0.5) is 0 Å². The van der Waals surface area contributed by atoms with Crippen LogP contribution >= 0.6 is 11.6 Å². The van der Waals surface area contributed by atoms with Crippen molar-refractivity contribution >= 4 is 28.6 Å². The predicted octanol–water partition coefficient (Wildman–Crippen LogP) is 2.67. The molecule has 1 aromatic heterocycles. The van der Waals surface area contributed by atoms with E-state index in [0.29, 0.717) is 11.6 Å². The number of benzene rings is 1. The molecule has 0 aliphatic rings. The standard InChI is InChI=1S/C11H9ClN2O/c1-14-6-8(5-13-7-15)10-3-2-9(12)4-11(10)14/h2-4,6H,5H2,1H3. The first kappa shape index (κ1) is 9.97. The maximum absolute atomic E-state index is 10.1. The molecule has 4 heteroatoms. The minimum atomic E-state index is 0.364. The fourth-order valence-electron chi connectivity index (χ4n) is 1.68. The average Bonchev–Trinajstić information content (AvgIpc) is 2.53. The maximum Gasteiger partial charge on any atom is 0.235 e. The summed E-state index contributed by atoms with van der Waals surface area (Å²) < 4.78 is 1.97. The van der Waals surface area contributed by atoms with E-state index in [-0.39, 0.29) is 0 Å². The van der Waals surface area contributed by atoms with E-state index in [9.17, 15) is 4.79 Å². The minimum absolute atomic E-state index is 0.364. The quantitative estimate of drug-likeness (QED) is 0.566. The van der Waals surface area contributed by atoms with Gasteiger partial charge in [0.1, 0.15) is 0 Å². The zero-order valence-electron chi connectivity index (χ0n) is 8.20. The third-order valence-corrected chi connectivity index (χ3v) is 2.58. The van der Waals surface area contributed by atoms with Crippen molar-refractivity contribution in [3.63, 3.8) is 0 Å². The molecule has 0 N–H and O–H groups in total. The molecule has 1 aromatic carbocycles. The van der Waals surface area contributed by atoms with Crippen LogP contribution < -0.4 is 0 Å². The molecular weight excluding hydrogens is 212 g/mol. The van der Waals surface area contributed by atoms with Gasteiger partial charge in [-0.15, -0.1) is 0 Å². The van der Waals surface area contributed by atoms with E-state index >= 15 is 0 Å². The lowest BCUT2D eigenvalue weighted by atomic mass is 10.2. The van der Waals surface area contributed by atoms with Crippen LogP contribution in [-0.2, 0) is 18.4 Å². The Morgan fingerprint density at radius 3 is 3.07 bits per heavy atom. The van der Waals surface area contributed by atoms with Crippen LogP contribution in [0.25, 0.3) is 10.9 Å². The summed E-state index contributed by atoms with van der Waals surface area (Å²) in [6, 6.07) is 5.66. The Bertz CT molecular complexity index is 553. The van der Waals surface area contributed by atoms with Crippen LogP contribution in [0.5, 0.6) is 0 Å². The van der Waals surface area contributed by atoms with Crippen molar-refractivity contribution in [1.82, 2.24) is 4.57 Å². The number of carbonyl (C=O) groups excluding carboxylic acids is 1. The Labute approximate surface area is 92.0 Å². The normalized spacial score (nSPS) is 10.3. The summed E-state index contributed by atoms with van der Waals surface area (Å²) in [7, 11) is 1.94. The van der Waals surface area contributed by atoms with Crippen molar-refractivity contribution in [2.24, 2.45) is 12.0 Å². The van der Waals surface area contributed by atoms with E-state index in [1.165, 1.54) is 0 Å². The molecule has 0 radical (unpaired) electrons. The molecule has 0 aliphatic heterocycles. The zero-order chi connectivity index (χ0) is 10.8. The first-order chi connectivity index (χ1) is 7.22. The largest absolute Gasteiger partial charge is 0.350 e. The maximum atomic E-state index is 10.1. The summed E-state index contributed by atoms with van der Waals surface area (Å²) >= 11 is 5.91. The molecule has 15 heavy (non-hydrogen) atoms. The summed E-state index contributed by atoms with van der Waals surface area (Å²) in [6.45, 7) is 0.364. The number of aromatic nitrogens is 1. The zero-order valence-corrected chi connectivity index (χ0v) is 8.95. The summed E-state index contributed by atoms with van der Waals surface area (Å²) in [5, 5.41) is 1.77. The van der Waals surface area contributed by atoms with Crippen molar-refractivity contribution in [2.75, 3.05) is 0 Å². The van der Waals surface area contributed by atoms with Crippen LogP contribution in [0.2, 0.25) is 5.02 Å². The highest BCUT2D eigenvalue weighted by Crippen LogP contribution is 2.24. The fraction of sp³-hybridized carbons (Fsp3) is 0.182. The van der Waals surface area contributed by atoms with Crippen molar-refractivity contribution in [2.45, 2.75) is 6.54 Å². The molecule has 0 saturated heterocycles. The number of hydrogen-bond acceptors (Lipinski definition) is 2. The van der Waals surface area contributed by atoms with Crippen LogP contribution in [0.3, 0.4) is 0 Å². The Hall–Kier alpha value is -1.57. The molecule has 76 valence electrons. The Balaban J connectivity index is 2.62. The highest BCUT2D eigenvalue weighted by Gasteiger charge is 2.05.